The van der Waals surface area contributed by atoms with Crippen LogP contribution in [0.25, 0.3) is 0 Å². The number of hydrogen-bond donors (Lipinski definition) is 0. The summed E-state index contributed by atoms with van der Waals surface area (Å²) in [7, 11) is 0. The first-order chi connectivity index (χ1) is 8.15. The van der Waals surface area contributed by atoms with Gasteiger partial charge in [0.1, 0.15) is 0 Å². The highest BCUT2D eigenvalue weighted by molar-refractivity contribution is 8.00. The Bertz CT molecular complexity index is 280. The number of hydrogen-bond acceptors (Lipinski definition) is 3. The Morgan fingerprint density at radius 1 is 1.53 bits per heavy atom. The van der Waals surface area contributed by atoms with E-state index in [0.29, 0.717) is 18.9 Å². The molecule has 0 aromatic carbocycles. The van der Waals surface area contributed by atoms with E-state index in [1.807, 2.05) is 4.90 Å². The summed E-state index contributed by atoms with van der Waals surface area (Å²) in [5.41, 5.74) is 0. The molecule has 1 aliphatic heterocycles. The van der Waals surface area contributed by atoms with Gasteiger partial charge in [-0.15, -0.1) is 11.8 Å². The molecule has 0 bridgehead atoms. The fraction of sp³-hybridized carbons (Fsp3) is 0.846. The summed E-state index contributed by atoms with van der Waals surface area (Å²) in [5.74, 6) is 1.81. The maximum absolute atomic E-state index is 12.3. The summed E-state index contributed by atoms with van der Waals surface area (Å²) in [6.07, 6.45) is 3.84. The van der Waals surface area contributed by atoms with E-state index in [0.717, 1.165) is 25.1 Å². The van der Waals surface area contributed by atoms with Crippen LogP contribution in [0.15, 0.2) is 0 Å². The Morgan fingerprint density at radius 3 is 2.82 bits per heavy atom. The van der Waals surface area contributed by atoms with E-state index in [2.05, 4.69) is 19.9 Å². The molecule has 1 heterocycles. The van der Waals surface area contributed by atoms with E-state index in [1.165, 1.54) is 6.42 Å². The maximum atomic E-state index is 12.3. The largest absolute Gasteiger partial charge is 0.340 e. The predicted octanol–water partition coefficient (Wildman–Crippen LogP) is 2.67. The van der Waals surface area contributed by atoms with Gasteiger partial charge < -0.3 is 4.90 Å². The lowest BCUT2D eigenvalue weighted by Crippen LogP contribution is -2.41. The zero-order chi connectivity index (χ0) is 12.7. The molecule has 1 fully saturated rings. The Kier molecular flexibility index (Phi) is 6.43. The summed E-state index contributed by atoms with van der Waals surface area (Å²) in [4.78, 5) is 14.2. The lowest BCUT2D eigenvalue weighted by molar-refractivity contribution is -0.131. The van der Waals surface area contributed by atoms with E-state index in [1.54, 1.807) is 11.8 Å². The highest BCUT2D eigenvalue weighted by Gasteiger charge is 2.26. The third-order valence-corrected chi connectivity index (χ3v) is 4.21. The molecule has 1 rings (SSSR count). The Labute approximate surface area is 109 Å². The third kappa shape index (κ3) is 4.99. The number of amides is 1. The molecule has 96 valence electrons. The molecule has 1 amide bonds. The molecule has 1 saturated heterocycles. The van der Waals surface area contributed by atoms with E-state index < -0.39 is 0 Å². The van der Waals surface area contributed by atoms with Gasteiger partial charge >= 0.3 is 0 Å². The van der Waals surface area contributed by atoms with Gasteiger partial charge in [-0.05, 0) is 24.5 Å². The highest BCUT2D eigenvalue weighted by atomic mass is 32.2. The molecule has 0 aromatic heterocycles. The molecular formula is C13H22N2OS. The third-order valence-electron chi connectivity index (χ3n) is 2.85. The van der Waals surface area contributed by atoms with Gasteiger partial charge in [-0.1, -0.05) is 20.3 Å². The van der Waals surface area contributed by atoms with Crippen molar-refractivity contribution < 1.29 is 4.79 Å². The van der Waals surface area contributed by atoms with Crippen LogP contribution in [0.5, 0.6) is 0 Å². The van der Waals surface area contributed by atoms with Crippen molar-refractivity contribution in [3.05, 3.63) is 0 Å². The van der Waals surface area contributed by atoms with Crippen molar-refractivity contribution in [2.24, 2.45) is 5.92 Å². The molecular weight excluding hydrogens is 232 g/mol. The Hall–Kier alpha value is -0.690. The molecule has 0 saturated carbocycles. The van der Waals surface area contributed by atoms with Crippen molar-refractivity contribution in [3.63, 3.8) is 0 Å². The quantitative estimate of drug-likeness (QED) is 0.757. The summed E-state index contributed by atoms with van der Waals surface area (Å²) in [6.45, 7) is 5.59. The minimum atomic E-state index is 0.140. The summed E-state index contributed by atoms with van der Waals surface area (Å²) < 4.78 is 0. The average molecular weight is 254 g/mol. The van der Waals surface area contributed by atoms with E-state index in [-0.39, 0.29) is 11.2 Å². The first kappa shape index (κ1) is 14.4. The van der Waals surface area contributed by atoms with E-state index in [9.17, 15) is 4.79 Å². The topological polar surface area (TPSA) is 44.1 Å². The Balaban J connectivity index is 2.54. The summed E-state index contributed by atoms with van der Waals surface area (Å²) in [5, 5.41) is 8.79. The molecule has 3 nitrogen and oxygen atoms in total. The van der Waals surface area contributed by atoms with Gasteiger partial charge in [-0.2, -0.15) is 5.26 Å². The molecule has 17 heavy (non-hydrogen) atoms. The monoisotopic (exact) mass is 254 g/mol. The molecule has 4 heteroatoms. The van der Waals surface area contributed by atoms with Crippen molar-refractivity contribution in [2.75, 3.05) is 18.8 Å². The number of carbonyl (C=O) groups is 1. The Morgan fingerprint density at radius 2 is 2.29 bits per heavy atom. The molecule has 0 aromatic rings. The first-order valence-electron chi connectivity index (χ1n) is 6.42. The highest BCUT2D eigenvalue weighted by Crippen LogP contribution is 2.26. The standard InChI is InChI=1S/C13H22N2OS/c1-11(2)10-15(8-5-7-14)13(16)12-6-3-4-9-17-12/h11-12H,3-6,8-10H2,1-2H3. The number of nitrogens with zero attached hydrogens (tertiary/aromatic N) is 2. The fourth-order valence-corrected chi connectivity index (χ4v) is 3.34. The van der Waals surface area contributed by atoms with Gasteiger partial charge in [0.25, 0.3) is 0 Å². The van der Waals surface area contributed by atoms with E-state index >= 15 is 0 Å². The van der Waals surface area contributed by atoms with Crippen molar-refractivity contribution >= 4 is 17.7 Å². The SMILES string of the molecule is CC(C)CN(CCC#N)C(=O)C1CCCCS1. The minimum absolute atomic E-state index is 0.140. The van der Waals surface area contributed by atoms with Crippen LogP contribution in [-0.4, -0.2) is 34.9 Å². The van der Waals surface area contributed by atoms with Crippen LogP contribution in [-0.2, 0) is 4.79 Å². The minimum Gasteiger partial charge on any atom is -0.340 e. The lowest BCUT2D eigenvalue weighted by Gasteiger charge is -2.29. The van der Waals surface area contributed by atoms with Gasteiger partial charge in [-0.25, -0.2) is 0 Å². The molecule has 0 aliphatic carbocycles. The molecule has 1 unspecified atom stereocenters. The smallest absolute Gasteiger partial charge is 0.235 e. The number of rotatable bonds is 5. The van der Waals surface area contributed by atoms with Gasteiger partial charge in [0.2, 0.25) is 5.91 Å². The second-order valence-corrected chi connectivity index (χ2v) is 6.25. The molecule has 0 N–H and O–H groups in total. The van der Waals surface area contributed by atoms with Gasteiger partial charge in [-0.3, -0.25) is 4.79 Å². The van der Waals surface area contributed by atoms with Crippen LogP contribution in [0.4, 0.5) is 0 Å². The van der Waals surface area contributed by atoms with E-state index in [4.69, 9.17) is 5.26 Å². The number of carbonyl (C=O) groups excluding carboxylic acids is 1. The normalized spacial score (nSPS) is 20.0. The van der Waals surface area contributed by atoms with Gasteiger partial charge in [0.15, 0.2) is 0 Å². The summed E-state index contributed by atoms with van der Waals surface area (Å²) in [6, 6.07) is 2.13. The molecule has 0 spiro atoms. The number of nitriles is 1. The van der Waals surface area contributed by atoms with Gasteiger partial charge in [0.05, 0.1) is 17.7 Å². The zero-order valence-corrected chi connectivity index (χ0v) is 11.6. The van der Waals surface area contributed by atoms with Crippen molar-refractivity contribution in [1.29, 1.82) is 5.26 Å². The van der Waals surface area contributed by atoms with Crippen molar-refractivity contribution in [3.8, 4) is 6.07 Å². The lowest BCUT2D eigenvalue weighted by atomic mass is 10.1. The zero-order valence-electron chi connectivity index (χ0n) is 10.8. The predicted molar refractivity (Wildman–Crippen MR) is 71.7 cm³/mol. The van der Waals surface area contributed by atoms with Crippen LogP contribution in [0.2, 0.25) is 0 Å². The van der Waals surface area contributed by atoms with Crippen molar-refractivity contribution in [1.82, 2.24) is 4.90 Å². The molecule has 1 aliphatic rings. The van der Waals surface area contributed by atoms with Crippen LogP contribution in [0, 0.1) is 17.2 Å². The van der Waals surface area contributed by atoms with Crippen LogP contribution in [0.3, 0.4) is 0 Å². The maximum Gasteiger partial charge on any atom is 0.235 e. The van der Waals surface area contributed by atoms with Crippen LogP contribution >= 0.6 is 11.8 Å². The molecule has 1 atom stereocenters. The number of thioether (sulfide) groups is 1. The molecule has 0 radical (unpaired) electrons. The van der Waals surface area contributed by atoms with Crippen LogP contribution < -0.4 is 0 Å². The second-order valence-electron chi connectivity index (χ2n) is 4.94. The average Bonchev–Trinajstić information content (AvgIpc) is 2.34. The first-order valence-corrected chi connectivity index (χ1v) is 7.47. The second kappa shape index (κ2) is 7.60. The fourth-order valence-electron chi connectivity index (χ4n) is 2.06. The van der Waals surface area contributed by atoms with Crippen LogP contribution in [0.1, 0.15) is 39.5 Å². The summed E-state index contributed by atoms with van der Waals surface area (Å²) >= 11 is 1.79. The van der Waals surface area contributed by atoms with Gasteiger partial charge in [0, 0.05) is 13.1 Å². The van der Waals surface area contributed by atoms with Crippen molar-refractivity contribution in [2.45, 2.75) is 44.8 Å².